The molecule has 0 spiro atoms. The largest absolute Gasteiger partial charge is 2.00 e. The molecule has 0 aliphatic carbocycles. The quantitative estimate of drug-likeness (QED) is 0.0155. The van der Waals surface area contributed by atoms with Crippen molar-refractivity contribution < 1.29 is 145 Å². The molecule has 0 aromatic carbocycles. The number of methoxy groups -OCH3 is 1. The van der Waals surface area contributed by atoms with Gasteiger partial charge in [0.25, 0.3) is 0 Å². The number of thioether (sulfide) groups is 2. The zero-order valence-electron chi connectivity index (χ0n) is 66.3. The molecule has 0 amide bonds. The zero-order valence-corrected chi connectivity index (χ0v) is 72.2. The first-order valence-corrected chi connectivity index (χ1v) is 38.5. The van der Waals surface area contributed by atoms with E-state index in [9.17, 15) is 4.39 Å². The molecule has 4 rings (SSSR count). The van der Waals surface area contributed by atoms with Gasteiger partial charge >= 0.3 is 55.7 Å². The summed E-state index contributed by atoms with van der Waals surface area (Å²) in [7, 11) is 1.65. The molecule has 4 heterocycles. The molecule has 13 N–H and O–H groups in total. The Balaban J connectivity index is -0.000000159. The molecule has 22 atom stereocenters. The SMILES string of the molecule is CC1CC(C)C(CO)N1.CCC(CO)OC(C)CO.CCC(CO)SC(C)CO.CCC1=C(C)C(CO)OC1C.CCCCNC1C(CO)OC(C)C1C.CCCSC1C(CO)OC(C)C1C.C[CH-]C(C)C(F)[CH-]CO.C[CH-]C(OCCOC)C(C)[CH-]CO.C[CH-]CC(C)[CH-]CO.[V+2].[V+2].[V+2]. The van der Waals surface area contributed by atoms with Crippen LogP contribution in [-0.4, -0.2) is 256 Å². The van der Waals surface area contributed by atoms with Crippen molar-refractivity contribution in [3.05, 3.63) is 49.7 Å². The Labute approximate surface area is 656 Å². The first kappa shape index (κ1) is 117. The number of hydrogen-bond donors (Lipinski definition) is 13. The van der Waals surface area contributed by atoms with Gasteiger partial charge in [-0.05, 0) is 127 Å². The molecule has 25 heteroatoms. The van der Waals surface area contributed by atoms with E-state index in [4.69, 9.17) is 84.6 Å². The van der Waals surface area contributed by atoms with Crippen molar-refractivity contribution in [2.24, 2.45) is 35.5 Å². The van der Waals surface area contributed by atoms with E-state index < -0.39 is 6.17 Å². The van der Waals surface area contributed by atoms with Crippen molar-refractivity contribution in [3.8, 4) is 0 Å². The van der Waals surface area contributed by atoms with Crippen LogP contribution in [0.4, 0.5) is 4.39 Å². The minimum atomic E-state index is -1.00. The van der Waals surface area contributed by atoms with Gasteiger partial charge < -0.3 is 127 Å². The van der Waals surface area contributed by atoms with E-state index in [0.717, 1.165) is 32.2 Å². The molecule has 22 unspecified atom stereocenters. The summed E-state index contributed by atoms with van der Waals surface area (Å²) in [4.78, 5) is 0. The van der Waals surface area contributed by atoms with Gasteiger partial charge in [-0.3, -0.25) is 10.8 Å². The Morgan fingerprint density at radius 3 is 1.62 bits per heavy atom. The topological polar surface area (TPSA) is 302 Å². The fourth-order valence-electron chi connectivity index (χ4n) is 10.6. The van der Waals surface area contributed by atoms with Gasteiger partial charge in [-0.15, -0.1) is 0 Å². The maximum absolute atomic E-state index is 12.6. The summed E-state index contributed by atoms with van der Waals surface area (Å²) in [6.07, 6.45) is 19.0. The molecule has 0 aromatic rings. The van der Waals surface area contributed by atoms with Crippen molar-refractivity contribution in [1.82, 2.24) is 10.6 Å². The van der Waals surface area contributed by atoms with E-state index in [2.05, 4.69) is 86.3 Å². The van der Waals surface area contributed by atoms with Crippen molar-refractivity contribution >= 4 is 23.5 Å². The van der Waals surface area contributed by atoms with E-state index in [-0.39, 0.29) is 194 Å². The normalized spacial score (nSPS) is 25.9. The number of halogens is 1. The Morgan fingerprint density at radius 1 is 0.660 bits per heavy atom. The van der Waals surface area contributed by atoms with Crippen LogP contribution in [0.3, 0.4) is 0 Å². The Kier molecular flexibility index (Phi) is 91.9. The summed E-state index contributed by atoms with van der Waals surface area (Å²) in [6.45, 7) is 46.4. The van der Waals surface area contributed by atoms with Crippen LogP contribution in [0, 0.1) is 74.0 Å². The van der Waals surface area contributed by atoms with Gasteiger partial charge in [-0.1, -0.05) is 115 Å². The minimum absolute atomic E-state index is 0. The van der Waals surface area contributed by atoms with Crippen LogP contribution >= 0.6 is 23.5 Å². The number of unbranched alkanes of at least 4 members (excludes halogenated alkanes) is 1. The summed E-state index contributed by atoms with van der Waals surface area (Å²) in [5.41, 5.74) is 2.58. The van der Waals surface area contributed by atoms with Gasteiger partial charge in [0.2, 0.25) is 0 Å². The van der Waals surface area contributed by atoms with E-state index in [1.54, 1.807) is 39.1 Å². The summed E-state index contributed by atoms with van der Waals surface area (Å²) in [5, 5.41) is 104. The van der Waals surface area contributed by atoms with E-state index in [1.165, 1.54) is 49.0 Å². The van der Waals surface area contributed by atoms with E-state index >= 15 is 0 Å². The van der Waals surface area contributed by atoms with Crippen LogP contribution < -0.4 is 10.6 Å². The molecule has 599 valence electrons. The van der Waals surface area contributed by atoms with Crippen molar-refractivity contribution in [2.75, 3.05) is 105 Å². The molecule has 0 bridgehead atoms. The monoisotopic (exact) mass is 1590 g/mol. The van der Waals surface area contributed by atoms with Crippen LogP contribution in [0.25, 0.3) is 0 Å². The maximum atomic E-state index is 12.6. The van der Waals surface area contributed by atoms with Crippen LogP contribution in [0.5, 0.6) is 0 Å². The second-order valence-corrected chi connectivity index (χ2v) is 28.8. The molecule has 4 aliphatic rings. The molecule has 19 nitrogen and oxygen atoms in total. The first-order chi connectivity index (χ1) is 46.1. The fourth-order valence-corrected chi connectivity index (χ4v) is 13.0. The molecule has 3 radical (unpaired) electrons. The number of hydrogen-bond acceptors (Lipinski definition) is 21. The fraction of sp³-hybridized carbons (Fsp3) is 0.893. The molecular weight excluding hydrogens is 1440 g/mol. The minimum Gasteiger partial charge on any atom is -0.428 e. The number of alkyl halides is 1. The van der Waals surface area contributed by atoms with Crippen LogP contribution in [0.2, 0.25) is 0 Å². The third kappa shape index (κ3) is 57.4. The summed E-state index contributed by atoms with van der Waals surface area (Å²) in [6, 6.07) is 1.26. The number of nitrogens with one attached hydrogen (secondary N) is 2. The third-order valence-electron chi connectivity index (χ3n) is 17.5. The predicted octanol–water partition coefficient (Wildman–Crippen LogP) is 9.84. The van der Waals surface area contributed by atoms with Gasteiger partial charge in [0.1, 0.15) is 6.10 Å². The van der Waals surface area contributed by atoms with Gasteiger partial charge in [-0.2, -0.15) is 62.0 Å². The summed E-state index contributed by atoms with van der Waals surface area (Å²) < 4.78 is 45.0. The van der Waals surface area contributed by atoms with Gasteiger partial charge in [0.05, 0.1) is 109 Å². The zero-order chi connectivity index (χ0) is 75.4. The maximum Gasteiger partial charge on any atom is 2.00 e. The number of aliphatic hydroxyl groups excluding tert-OH is 11. The van der Waals surface area contributed by atoms with Gasteiger partial charge in [0.15, 0.2) is 0 Å². The van der Waals surface area contributed by atoms with Gasteiger partial charge in [-0.25, -0.2) is 6.42 Å². The third-order valence-corrected chi connectivity index (χ3v) is 20.7. The van der Waals surface area contributed by atoms with E-state index in [0.29, 0.717) is 71.6 Å². The molecule has 100 heavy (non-hydrogen) atoms. The first-order valence-electron chi connectivity index (χ1n) is 36.5. The van der Waals surface area contributed by atoms with Crippen LogP contribution in [-0.2, 0) is 84.1 Å². The molecule has 4 aliphatic heterocycles. The number of rotatable bonds is 38. The Bertz CT molecular complexity index is 1670. The molecule has 0 saturated carbocycles. The average Bonchev–Trinajstić information content (AvgIpc) is 1.72. The van der Waals surface area contributed by atoms with Crippen LogP contribution in [0.15, 0.2) is 11.1 Å². The van der Waals surface area contributed by atoms with Crippen LogP contribution in [0.1, 0.15) is 197 Å². The predicted molar refractivity (Wildman–Crippen MR) is 403 cm³/mol. The van der Waals surface area contributed by atoms with Crippen molar-refractivity contribution in [1.29, 1.82) is 0 Å². The van der Waals surface area contributed by atoms with E-state index in [1.807, 2.05) is 93.3 Å². The second-order valence-electron chi connectivity index (χ2n) is 25.8. The van der Waals surface area contributed by atoms with Crippen molar-refractivity contribution in [3.63, 3.8) is 0 Å². The molecule has 3 saturated heterocycles. The Hall–Kier alpha value is 1.36. The number of aliphatic hydroxyl groups is 11. The number of ether oxygens (including phenoxy) is 6. The average molecular weight is 1590 g/mol. The molecule has 0 aromatic heterocycles. The molecule has 3 fully saturated rings. The summed E-state index contributed by atoms with van der Waals surface area (Å²) in [5.74, 6) is 3.55. The summed E-state index contributed by atoms with van der Waals surface area (Å²) >= 11 is 3.59. The second kappa shape index (κ2) is 78.5. The smallest absolute Gasteiger partial charge is 0.428 e. The Morgan fingerprint density at radius 2 is 1.24 bits per heavy atom. The standard InChI is InChI=1S/C11H23NO2.C10H20O3.C10H20O2S.C9H16O2.C7H13FO.C7H15NO.C7H16O3.C7H16O2S.C7H14O.3V/c1-4-5-6-12-11-8(2)9(3)14-10(11)7-13;1-4-10(9(2)5-6-11)13-8-7-12-3;1-4-5-13-10-7(2)8(3)12-9(10)6-11;1-4-8-6(2)9(5-10)11-7(8)3;1-3-6(2)7(8)4-5-9;1-5-3-6(2)8-7(5)4-9;2*1-3-7(5-9)10-6(2)4-8;1-3-4-7(2)5-6-8;;;/h8-13H,4-7H2,1-3H3;4-5,9-11H,6-8H2,1-3H3;7-11H,4-6H2,1-3H3;7,9-10H,4-5H2,1-3H3;3-4,6-7,9H,5H2,1-2H3;5-9H,3-4H2,1-2H3;2*6-9H,3-5H2,1-2H3;3,5,7-8H,4,6H2,1-2H3;;;/q;-2;;;-2;;;;-2;3*+2. The van der Waals surface area contributed by atoms with Crippen molar-refractivity contribution in [2.45, 2.75) is 292 Å². The molecular formula is C75H153FN2O17S2V3. The van der Waals surface area contributed by atoms with Gasteiger partial charge in [0, 0.05) is 41.0 Å².